The lowest BCUT2D eigenvalue weighted by atomic mass is 9.97. The lowest BCUT2D eigenvalue weighted by molar-refractivity contribution is -0.126. The fraction of sp³-hybridized carbons (Fsp3) is 0.409. The third-order valence-corrected chi connectivity index (χ3v) is 8.73. The Balaban J connectivity index is 1.26. The molecule has 0 aliphatic carbocycles. The number of benzene rings is 1. The van der Waals surface area contributed by atoms with Crippen molar-refractivity contribution >= 4 is 27.3 Å². The first-order chi connectivity index (χ1) is 15.4. The number of thiazole rings is 1. The van der Waals surface area contributed by atoms with Gasteiger partial charge in [-0.2, -0.15) is 4.31 Å². The summed E-state index contributed by atoms with van der Waals surface area (Å²) in [6.45, 7) is 4.33. The molecular weight excluding hydrogens is 448 g/mol. The number of carbonyl (C=O) groups is 1. The third kappa shape index (κ3) is 4.77. The summed E-state index contributed by atoms with van der Waals surface area (Å²) in [5, 5.41) is 9.72. The maximum atomic E-state index is 12.9. The molecule has 1 N–H and O–H groups in total. The van der Waals surface area contributed by atoms with Gasteiger partial charge < -0.3 is 9.84 Å². The number of nitrogens with one attached hydrogen (secondary N) is 1. The molecule has 0 atom stereocenters. The number of sulfonamides is 1. The molecule has 0 saturated carbocycles. The Morgan fingerprint density at radius 1 is 1.22 bits per heavy atom. The Morgan fingerprint density at radius 2 is 1.94 bits per heavy atom. The van der Waals surface area contributed by atoms with Crippen molar-refractivity contribution in [3.63, 3.8) is 0 Å². The Labute approximate surface area is 191 Å². The Kier molecular flexibility index (Phi) is 6.73. The molecule has 0 radical (unpaired) electrons. The van der Waals surface area contributed by atoms with Crippen LogP contribution in [-0.4, -0.2) is 48.4 Å². The van der Waals surface area contributed by atoms with E-state index in [4.69, 9.17) is 4.52 Å². The van der Waals surface area contributed by atoms with Gasteiger partial charge in [-0.05, 0) is 26.7 Å². The molecule has 0 bridgehead atoms. The van der Waals surface area contributed by atoms with Crippen molar-refractivity contribution in [2.24, 2.45) is 5.92 Å². The maximum absolute atomic E-state index is 12.9. The predicted molar refractivity (Wildman–Crippen MR) is 122 cm³/mol. The average Bonchev–Trinajstić information content (AvgIpc) is 3.41. The second-order valence-corrected chi connectivity index (χ2v) is 10.6. The highest BCUT2D eigenvalue weighted by atomic mass is 32.2. The van der Waals surface area contributed by atoms with Crippen molar-refractivity contribution in [3.8, 4) is 10.6 Å². The largest absolute Gasteiger partial charge is 0.360 e. The zero-order chi connectivity index (χ0) is 22.7. The van der Waals surface area contributed by atoms with Crippen molar-refractivity contribution in [1.82, 2.24) is 19.8 Å². The van der Waals surface area contributed by atoms with E-state index < -0.39 is 10.0 Å². The SMILES string of the molecule is Cc1noc(C)c1S(=O)(=O)N1CCC(C(=O)NCCc2csc(-c3ccccc3)n2)CC1. The Hall–Kier alpha value is -2.56. The monoisotopic (exact) mass is 474 g/mol. The Morgan fingerprint density at radius 3 is 2.59 bits per heavy atom. The van der Waals surface area contributed by atoms with Gasteiger partial charge in [0, 0.05) is 42.9 Å². The first-order valence-corrected chi connectivity index (χ1v) is 12.9. The van der Waals surface area contributed by atoms with E-state index in [0.717, 1.165) is 16.3 Å². The summed E-state index contributed by atoms with van der Waals surface area (Å²) in [6, 6.07) is 10.0. The molecule has 3 aromatic rings. The lowest BCUT2D eigenvalue weighted by Gasteiger charge is -2.30. The van der Waals surface area contributed by atoms with Crippen LogP contribution < -0.4 is 5.32 Å². The number of rotatable bonds is 7. The minimum Gasteiger partial charge on any atom is -0.360 e. The highest BCUT2D eigenvalue weighted by molar-refractivity contribution is 7.89. The van der Waals surface area contributed by atoms with Gasteiger partial charge in [0.1, 0.15) is 15.6 Å². The fourth-order valence-electron chi connectivity index (χ4n) is 3.92. The fourth-order valence-corrected chi connectivity index (χ4v) is 6.54. The van der Waals surface area contributed by atoms with Gasteiger partial charge in [0.2, 0.25) is 15.9 Å². The zero-order valence-corrected chi connectivity index (χ0v) is 19.7. The van der Waals surface area contributed by atoms with Crippen LogP contribution in [0.15, 0.2) is 45.1 Å². The molecule has 1 aromatic carbocycles. The molecular formula is C22H26N4O4S2. The molecule has 4 rings (SSSR count). The van der Waals surface area contributed by atoms with Crippen LogP contribution in [0, 0.1) is 19.8 Å². The lowest BCUT2D eigenvalue weighted by Crippen LogP contribution is -2.43. The zero-order valence-electron chi connectivity index (χ0n) is 18.1. The molecule has 1 aliphatic rings. The summed E-state index contributed by atoms with van der Waals surface area (Å²) in [6.07, 6.45) is 1.64. The minimum atomic E-state index is -3.66. The van der Waals surface area contributed by atoms with Crippen molar-refractivity contribution < 1.29 is 17.7 Å². The van der Waals surface area contributed by atoms with Gasteiger partial charge >= 0.3 is 0 Å². The van der Waals surface area contributed by atoms with Crippen LogP contribution in [0.4, 0.5) is 0 Å². The molecule has 0 spiro atoms. The van der Waals surface area contributed by atoms with Gasteiger partial charge in [0.05, 0.1) is 5.69 Å². The summed E-state index contributed by atoms with van der Waals surface area (Å²) in [4.78, 5) is 17.4. The molecule has 32 heavy (non-hydrogen) atoms. The van der Waals surface area contributed by atoms with Crippen LogP contribution in [0.1, 0.15) is 30.0 Å². The first-order valence-electron chi connectivity index (χ1n) is 10.6. The molecule has 0 unspecified atom stereocenters. The van der Waals surface area contributed by atoms with Crippen LogP contribution in [0.2, 0.25) is 0 Å². The van der Waals surface area contributed by atoms with E-state index in [0.29, 0.717) is 50.4 Å². The molecule has 1 amide bonds. The number of hydrogen-bond donors (Lipinski definition) is 1. The van der Waals surface area contributed by atoms with Gasteiger partial charge in [0.15, 0.2) is 5.76 Å². The molecule has 10 heteroatoms. The topological polar surface area (TPSA) is 105 Å². The number of aryl methyl sites for hydroxylation is 2. The van der Waals surface area contributed by atoms with Gasteiger partial charge in [0.25, 0.3) is 0 Å². The van der Waals surface area contributed by atoms with E-state index >= 15 is 0 Å². The number of piperidine rings is 1. The van der Waals surface area contributed by atoms with Crippen molar-refractivity contribution in [2.45, 2.75) is 38.0 Å². The summed E-state index contributed by atoms with van der Waals surface area (Å²) >= 11 is 1.60. The summed E-state index contributed by atoms with van der Waals surface area (Å²) in [5.74, 6) is 0.0687. The van der Waals surface area contributed by atoms with Crippen LogP contribution >= 0.6 is 11.3 Å². The summed E-state index contributed by atoms with van der Waals surface area (Å²) in [5.41, 5.74) is 2.40. The summed E-state index contributed by atoms with van der Waals surface area (Å²) < 4.78 is 32.3. The smallest absolute Gasteiger partial charge is 0.248 e. The highest BCUT2D eigenvalue weighted by Gasteiger charge is 2.35. The number of aromatic nitrogens is 2. The number of hydrogen-bond acceptors (Lipinski definition) is 7. The maximum Gasteiger partial charge on any atom is 0.248 e. The third-order valence-electron chi connectivity index (χ3n) is 5.64. The van der Waals surface area contributed by atoms with E-state index in [9.17, 15) is 13.2 Å². The number of nitrogens with zero attached hydrogens (tertiary/aromatic N) is 3. The van der Waals surface area contributed by atoms with E-state index in [2.05, 4.69) is 15.5 Å². The van der Waals surface area contributed by atoms with E-state index in [1.165, 1.54) is 4.31 Å². The van der Waals surface area contributed by atoms with Crippen LogP contribution in [0.25, 0.3) is 10.6 Å². The second-order valence-electron chi connectivity index (χ2n) is 7.88. The standard InChI is InChI=1S/C22H26N4O4S2/c1-15-20(16(2)30-25-15)32(28,29)26-12-9-17(10-13-26)21(27)23-11-8-19-14-31-22(24-19)18-6-4-3-5-7-18/h3-7,14,17H,8-13H2,1-2H3,(H,23,27). The van der Waals surface area contributed by atoms with E-state index in [-0.39, 0.29) is 16.7 Å². The predicted octanol–water partition coefficient (Wildman–Crippen LogP) is 3.17. The second kappa shape index (κ2) is 9.51. The van der Waals surface area contributed by atoms with Crippen molar-refractivity contribution in [3.05, 3.63) is 52.9 Å². The average molecular weight is 475 g/mol. The van der Waals surface area contributed by atoms with Gasteiger partial charge in [-0.25, -0.2) is 13.4 Å². The van der Waals surface area contributed by atoms with Crippen LogP contribution in [0.5, 0.6) is 0 Å². The quantitative estimate of drug-likeness (QED) is 0.564. The van der Waals surface area contributed by atoms with Crippen molar-refractivity contribution in [1.29, 1.82) is 0 Å². The van der Waals surface area contributed by atoms with Gasteiger partial charge in [-0.3, -0.25) is 4.79 Å². The van der Waals surface area contributed by atoms with E-state index in [1.807, 2.05) is 35.7 Å². The summed E-state index contributed by atoms with van der Waals surface area (Å²) in [7, 11) is -3.66. The molecule has 1 saturated heterocycles. The number of carbonyl (C=O) groups excluding carboxylic acids is 1. The Bertz CT molecular complexity index is 1160. The molecule has 1 aliphatic heterocycles. The van der Waals surface area contributed by atoms with Gasteiger partial charge in [-0.1, -0.05) is 35.5 Å². The molecule has 1 fully saturated rings. The van der Waals surface area contributed by atoms with E-state index in [1.54, 1.807) is 25.2 Å². The highest BCUT2D eigenvalue weighted by Crippen LogP contribution is 2.28. The normalized spacial score (nSPS) is 15.7. The van der Waals surface area contributed by atoms with Crippen LogP contribution in [-0.2, 0) is 21.2 Å². The molecule has 170 valence electrons. The number of amides is 1. The molecule has 2 aromatic heterocycles. The molecule has 8 nitrogen and oxygen atoms in total. The first kappa shape index (κ1) is 22.6. The van der Waals surface area contributed by atoms with Crippen LogP contribution in [0.3, 0.4) is 0 Å². The minimum absolute atomic E-state index is 0.0297. The molecule has 3 heterocycles. The van der Waals surface area contributed by atoms with Gasteiger partial charge in [-0.15, -0.1) is 11.3 Å². The van der Waals surface area contributed by atoms with Crippen molar-refractivity contribution in [2.75, 3.05) is 19.6 Å².